The fraction of sp³-hybridized carbons (Fsp3) is 1.00. The van der Waals surface area contributed by atoms with Gasteiger partial charge in [0.1, 0.15) is 8.85 Å². The zero-order chi connectivity index (χ0) is 9.61. The smallest absolute Gasteiger partial charge is 0.134 e. The molecule has 0 heterocycles. The van der Waals surface area contributed by atoms with Gasteiger partial charge in [-0.2, -0.15) is 0 Å². The Morgan fingerprint density at radius 3 is 2.25 bits per heavy atom. The van der Waals surface area contributed by atoms with Gasteiger partial charge in [-0.25, -0.2) is 0 Å². The summed E-state index contributed by atoms with van der Waals surface area (Å²) in [4.78, 5) is 0. The highest BCUT2D eigenvalue weighted by Crippen LogP contribution is 2.32. The Balaban J connectivity index is 3.38. The van der Waals surface area contributed by atoms with E-state index in [1.165, 1.54) is 0 Å². The fourth-order valence-corrected chi connectivity index (χ4v) is 0.804. The van der Waals surface area contributed by atoms with Gasteiger partial charge in [-0.05, 0) is 6.92 Å². The molecule has 0 fully saturated rings. The van der Waals surface area contributed by atoms with E-state index in [0.717, 1.165) is 0 Å². The summed E-state index contributed by atoms with van der Waals surface area (Å²) in [5.41, 5.74) is -0.423. The van der Waals surface area contributed by atoms with E-state index in [0.29, 0.717) is 19.8 Å². The first-order valence-corrected chi connectivity index (χ1v) is 5.38. The number of rotatable bonds is 6. The van der Waals surface area contributed by atoms with Gasteiger partial charge in [-0.15, -0.1) is 50.5 Å². The molecule has 0 aliphatic rings. The third kappa shape index (κ3) is 6.80. The average molecular weight is 246 g/mol. The zero-order valence-corrected chi connectivity index (χ0v) is 10.4. The monoisotopic (exact) mass is 246 g/mol. The van der Waals surface area contributed by atoms with Crippen LogP contribution in [0.5, 0.6) is 0 Å². The highest BCUT2D eigenvalue weighted by atomic mass is 32.2. The quantitative estimate of drug-likeness (QED) is 0.325. The Bertz CT molecular complexity index is 115. The van der Waals surface area contributed by atoms with Crippen molar-refractivity contribution in [1.82, 2.24) is 0 Å². The van der Waals surface area contributed by atoms with Gasteiger partial charge >= 0.3 is 0 Å². The standard InChI is InChI=1S/C6H14O2S4/c1-2-7-3-4-8-5(9)6(10,11)12/h5,9-12H,2-4H2,1H3. The highest BCUT2D eigenvalue weighted by molar-refractivity contribution is 8.17. The number of thiol groups is 4. The Hall–Kier alpha value is 1.32. The van der Waals surface area contributed by atoms with Crippen LogP contribution in [0.3, 0.4) is 0 Å². The molecule has 12 heavy (non-hydrogen) atoms. The van der Waals surface area contributed by atoms with Crippen LogP contribution in [0.4, 0.5) is 0 Å². The van der Waals surface area contributed by atoms with Crippen LogP contribution < -0.4 is 0 Å². The van der Waals surface area contributed by atoms with Crippen LogP contribution in [0.15, 0.2) is 0 Å². The third-order valence-corrected chi connectivity index (χ3v) is 2.89. The minimum atomic E-state index is -0.824. The first-order chi connectivity index (χ1) is 5.48. The summed E-state index contributed by atoms with van der Waals surface area (Å²) >= 11 is 16.3. The predicted octanol–water partition coefficient (Wildman–Crippen LogP) is 1.74. The first-order valence-electron chi connectivity index (χ1n) is 3.53. The highest BCUT2D eigenvalue weighted by Gasteiger charge is 2.24. The zero-order valence-electron chi connectivity index (χ0n) is 6.80. The van der Waals surface area contributed by atoms with Crippen LogP contribution >= 0.6 is 50.5 Å². The predicted molar refractivity (Wildman–Crippen MR) is 64.9 cm³/mol. The Morgan fingerprint density at radius 1 is 1.25 bits per heavy atom. The molecule has 0 aromatic carbocycles. The summed E-state index contributed by atoms with van der Waals surface area (Å²) in [7, 11) is 0. The Labute approximate surface area is 95.4 Å². The molecule has 0 bridgehead atoms. The minimum Gasteiger partial charge on any atom is -0.379 e. The summed E-state index contributed by atoms with van der Waals surface area (Å²) in [6.07, 6.45) is 0. The molecule has 1 atom stereocenters. The average Bonchev–Trinajstić information content (AvgIpc) is 1.96. The van der Waals surface area contributed by atoms with Crippen LogP contribution in [0.2, 0.25) is 0 Å². The van der Waals surface area contributed by atoms with E-state index >= 15 is 0 Å². The lowest BCUT2D eigenvalue weighted by Crippen LogP contribution is -2.25. The lowest BCUT2D eigenvalue weighted by atomic mass is 10.7. The molecule has 0 aromatic rings. The van der Waals surface area contributed by atoms with E-state index in [4.69, 9.17) is 9.47 Å². The second-order valence-electron chi connectivity index (χ2n) is 2.11. The fourth-order valence-electron chi connectivity index (χ4n) is 0.475. The van der Waals surface area contributed by atoms with E-state index in [1.54, 1.807) is 0 Å². The van der Waals surface area contributed by atoms with Crippen molar-refractivity contribution in [2.24, 2.45) is 0 Å². The minimum absolute atomic E-state index is 0.423. The second-order valence-corrected chi connectivity index (χ2v) is 5.75. The van der Waals surface area contributed by atoms with Crippen molar-refractivity contribution in [2.75, 3.05) is 19.8 Å². The molecule has 0 radical (unpaired) electrons. The Morgan fingerprint density at radius 2 is 1.83 bits per heavy atom. The molecular weight excluding hydrogens is 232 g/mol. The van der Waals surface area contributed by atoms with Crippen molar-refractivity contribution >= 4 is 50.5 Å². The summed E-state index contributed by atoms with van der Waals surface area (Å²) in [6, 6.07) is 0. The van der Waals surface area contributed by atoms with Crippen molar-refractivity contribution in [3.05, 3.63) is 0 Å². The first kappa shape index (κ1) is 13.3. The molecule has 6 heteroatoms. The molecule has 2 nitrogen and oxygen atoms in total. The maximum absolute atomic E-state index is 5.22. The van der Waals surface area contributed by atoms with Crippen LogP contribution in [0, 0.1) is 0 Å². The van der Waals surface area contributed by atoms with Gasteiger partial charge in [0.15, 0.2) is 0 Å². The van der Waals surface area contributed by atoms with Gasteiger partial charge in [0.05, 0.1) is 13.2 Å². The molecule has 1 unspecified atom stereocenters. The van der Waals surface area contributed by atoms with E-state index in [-0.39, 0.29) is 0 Å². The largest absolute Gasteiger partial charge is 0.379 e. The van der Waals surface area contributed by atoms with Gasteiger partial charge in [0, 0.05) is 6.61 Å². The lowest BCUT2D eigenvalue weighted by molar-refractivity contribution is 0.0456. The van der Waals surface area contributed by atoms with Crippen LogP contribution in [0.25, 0.3) is 0 Å². The van der Waals surface area contributed by atoms with E-state index in [9.17, 15) is 0 Å². The molecule has 0 saturated carbocycles. The Kier molecular flexibility index (Phi) is 7.47. The van der Waals surface area contributed by atoms with Crippen molar-refractivity contribution in [3.63, 3.8) is 0 Å². The van der Waals surface area contributed by atoms with Crippen molar-refractivity contribution in [1.29, 1.82) is 0 Å². The summed E-state index contributed by atoms with van der Waals surface area (Å²) in [6.45, 7) is 3.65. The van der Waals surface area contributed by atoms with Gasteiger partial charge in [0.2, 0.25) is 0 Å². The van der Waals surface area contributed by atoms with E-state index < -0.39 is 8.85 Å². The van der Waals surface area contributed by atoms with Gasteiger partial charge in [-0.3, -0.25) is 0 Å². The molecule has 0 aromatic heterocycles. The van der Waals surface area contributed by atoms with Crippen molar-refractivity contribution < 1.29 is 9.47 Å². The molecular formula is C6H14O2S4. The number of hydrogen-bond acceptors (Lipinski definition) is 6. The number of hydrogen-bond donors (Lipinski definition) is 4. The molecule has 0 aliphatic carbocycles. The normalized spacial score (nSPS) is 14.8. The molecule has 0 spiro atoms. The lowest BCUT2D eigenvalue weighted by Gasteiger charge is -2.23. The van der Waals surface area contributed by atoms with Crippen LogP contribution in [-0.4, -0.2) is 28.7 Å². The third-order valence-electron chi connectivity index (χ3n) is 1.04. The van der Waals surface area contributed by atoms with Gasteiger partial charge < -0.3 is 9.47 Å². The molecule has 0 N–H and O–H groups in total. The molecule has 0 saturated heterocycles. The van der Waals surface area contributed by atoms with Gasteiger partial charge in [0.25, 0.3) is 0 Å². The summed E-state index contributed by atoms with van der Waals surface area (Å²) in [5, 5.41) is 0. The summed E-state index contributed by atoms with van der Waals surface area (Å²) < 4.78 is 9.46. The topological polar surface area (TPSA) is 18.5 Å². The molecule has 0 rings (SSSR count). The van der Waals surface area contributed by atoms with Crippen molar-refractivity contribution in [3.8, 4) is 0 Å². The molecule has 0 amide bonds. The molecule has 74 valence electrons. The van der Waals surface area contributed by atoms with E-state index in [1.807, 2.05) is 6.92 Å². The maximum Gasteiger partial charge on any atom is 0.134 e. The van der Waals surface area contributed by atoms with Crippen molar-refractivity contribution in [2.45, 2.75) is 15.8 Å². The van der Waals surface area contributed by atoms with Gasteiger partial charge in [-0.1, -0.05) is 0 Å². The second kappa shape index (κ2) is 6.73. The van der Waals surface area contributed by atoms with Crippen LogP contribution in [-0.2, 0) is 9.47 Å². The van der Waals surface area contributed by atoms with Crippen LogP contribution in [0.1, 0.15) is 6.92 Å². The SMILES string of the molecule is CCOCCOC(S)C(S)(S)S. The molecule has 0 aliphatic heterocycles. The summed E-state index contributed by atoms with van der Waals surface area (Å²) in [5.74, 6) is 0. The number of ether oxygens (including phenoxy) is 2. The maximum atomic E-state index is 5.22. The van der Waals surface area contributed by atoms with E-state index in [2.05, 4.69) is 50.5 Å².